The molecule has 0 fully saturated rings. The maximum absolute atomic E-state index is 10.9. The van der Waals surface area contributed by atoms with E-state index in [2.05, 4.69) is 0 Å². The second kappa shape index (κ2) is 5.98. The van der Waals surface area contributed by atoms with E-state index in [0.717, 1.165) is 0 Å². The molecule has 0 aromatic rings. The lowest BCUT2D eigenvalue weighted by Crippen LogP contribution is -2.46. The van der Waals surface area contributed by atoms with E-state index in [-0.39, 0.29) is 0 Å². The lowest BCUT2D eigenvalue weighted by Gasteiger charge is -2.29. The highest BCUT2D eigenvalue weighted by Gasteiger charge is 2.33. The van der Waals surface area contributed by atoms with E-state index in [1.165, 1.54) is 6.08 Å². The van der Waals surface area contributed by atoms with E-state index < -0.39 is 30.4 Å². The van der Waals surface area contributed by atoms with Crippen molar-refractivity contribution in [2.75, 3.05) is 0 Å². The van der Waals surface area contributed by atoms with Gasteiger partial charge in [-0.15, -0.1) is 0 Å². The fourth-order valence-electron chi connectivity index (χ4n) is 1.66. The molecule has 0 amide bonds. The number of ether oxygens (including phenoxy) is 1. The Morgan fingerprint density at radius 3 is 2.75 bits per heavy atom. The van der Waals surface area contributed by atoms with Crippen LogP contribution in [0.4, 0.5) is 0 Å². The number of hydrogen-bond acceptors (Lipinski definition) is 5. The van der Waals surface area contributed by atoms with Crippen molar-refractivity contribution in [3.63, 3.8) is 0 Å². The van der Waals surface area contributed by atoms with Gasteiger partial charge in [-0.25, -0.2) is 4.79 Å². The molecule has 1 rings (SSSR count). The maximum Gasteiger partial charge on any atom is 0.330 e. The first-order valence-corrected chi connectivity index (χ1v) is 5.47. The SMILES string of the molecule is CCC[C@H](O)[C@@H](O)[C@@H](O)[C@H]1CC=CC(=O)O1. The number of aliphatic hydroxyl groups is 3. The Morgan fingerprint density at radius 2 is 2.19 bits per heavy atom. The predicted octanol–water partition coefficient (Wildman–Crippen LogP) is -0.259. The van der Waals surface area contributed by atoms with E-state index in [1.54, 1.807) is 6.08 Å². The fraction of sp³-hybridized carbons (Fsp3) is 0.727. The maximum atomic E-state index is 10.9. The third-order valence-electron chi connectivity index (χ3n) is 2.60. The molecule has 16 heavy (non-hydrogen) atoms. The highest BCUT2D eigenvalue weighted by Crippen LogP contribution is 2.17. The quantitative estimate of drug-likeness (QED) is 0.566. The van der Waals surface area contributed by atoms with Crippen molar-refractivity contribution in [3.8, 4) is 0 Å². The molecule has 0 spiro atoms. The van der Waals surface area contributed by atoms with Gasteiger partial charge in [0.05, 0.1) is 6.10 Å². The molecule has 1 heterocycles. The van der Waals surface area contributed by atoms with Gasteiger partial charge in [-0.3, -0.25) is 0 Å². The summed E-state index contributed by atoms with van der Waals surface area (Å²) in [5.41, 5.74) is 0. The first-order valence-electron chi connectivity index (χ1n) is 5.47. The standard InChI is InChI=1S/C11H18O5/c1-2-4-7(12)10(14)11(15)8-5-3-6-9(13)16-8/h3,6-8,10-12,14-15H,2,4-5H2,1H3/t7-,8+,10+,11-/m0/s1. The summed E-state index contributed by atoms with van der Waals surface area (Å²) in [6.07, 6.45) is -0.00729. The molecule has 0 aliphatic carbocycles. The number of cyclic esters (lactones) is 1. The second-order valence-electron chi connectivity index (χ2n) is 3.95. The van der Waals surface area contributed by atoms with Crippen LogP contribution in [0.3, 0.4) is 0 Å². The predicted molar refractivity (Wildman–Crippen MR) is 56.6 cm³/mol. The summed E-state index contributed by atoms with van der Waals surface area (Å²) in [6, 6.07) is 0. The fourth-order valence-corrected chi connectivity index (χ4v) is 1.66. The summed E-state index contributed by atoms with van der Waals surface area (Å²) < 4.78 is 4.85. The molecule has 0 saturated carbocycles. The second-order valence-corrected chi connectivity index (χ2v) is 3.95. The Bertz CT molecular complexity index is 263. The lowest BCUT2D eigenvalue weighted by molar-refractivity contribution is -0.161. The van der Waals surface area contributed by atoms with Crippen LogP contribution in [0, 0.1) is 0 Å². The first kappa shape index (κ1) is 13.2. The molecule has 1 aliphatic heterocycles. The zero-order valence-electron chi connectivity index (χ0n) is 9.24. The number of hydrogen-bond donors (Lipinski definition) is 3. The molecule has 0 aromatic heterocycles. The van der Waals surface area contributed by atoms with Gasteiger partial charge in [0.2, 0.25) is 0 Å². The van der Waals surface area contributed by atoms with E-state index >= 15 is 0 Å². The Kier molecular flexibility index (Phi) is 4.92. The molecule has 0 bridgehead atoms. The van der Waals surface area contributed by atoms with E-state index in [9.17, 15) is 20.1 Å². The molecule has 0 saturated heterocycles. The van der Waals surface area contributed by atoms with Gasteiger partial charge in [-0.05, 0) is 6.42 Å². The minimum atomic E-state index is -1.29. The summed E-state index contributed by atoms with van der Waals surface area (Å²) in [4.78, 5) is 10.9. The minimum Gasteiger partial charge on any atom is -0.456 e. The van der Waals surface area contributed by atoms with Crippen molar-refractivity contribution in [2.24, 2.45) is 0 Å². The van der Waals surface area contributed by atoms with Crippen LogP contribution in [0.2, 0.25) is 0 Å². The van der Waals surface area contributed by atoms with Crippen molar-refractivity contribution in [1.29, 1.82) is 0 Å². The summed E-state index contributed by atoms with van der Waals surface area (Å²) in [5.74, 6) is -0.535. The molecule has 0 aromatic carbocycles. The summed E-state index contributed by atoms with van der Waals surface area (Å²) >= 11 is 0. The number of carbonyl (C=O) groups is 1. The monoisotopic (exact) mass is 230 g/mol. The van der Waals surface area contributed by atoms with Crippen molar-refractivity contribution in [1.82, 2.24) is 0 Å². The van der Waals surface area contributed by atoms with Gasteiger partial charge < -0.3 is 20.1 Å². The Hall–Kier alpha value is -0.910. The van der Waals surface area contributed by atoms with Crippen LogP contribution in [0.1, 0.15) is 26.2 Å². The Labute approximate surface area is 94.4 Å². The highest BCUT2D eigenvalue weighted by molar-refractivity contribution is 5.82. The summed E-state index contributed by atoms with van der Waals surface area (Å²) in [6.45, 7) is 1.87. The zero-order chi connectivity index (χ0) is 12.1. The van der Waals surface area contributed by atoms with Crippen LogP contribution in [0.15, 0.2) is 12.2 Å². The molecule has 0 radical (unpaired) electrons. The van der Waals surface area contributed by atoms with Gasteiger partial charge in [0.1, 0.15) is 18.3 Å². The van der Waals surface area contributed by atoms with Crippen molar-refractivity contribution < 1.29 is 24.9 Å². The van der Waals surface area contributed by atoms with Crippen LogP contribution in [0.5, 0.6) is 0 Å². The smallest absolute Gasteiger partial charge is 0.330 e. The number of rotatable bonds is 5. The molecule has 1 aliphatic rings. The molecule has 3 N–H and O–H groups in total. The minimum absolute atomic E-state index is 0.350. The number of aliphatic hydroxyl groups excluding tert-OH is 3. The van der Waals surface area contributed by atoms with Crippen LogP contribution >= 0.6 is 0 Å². The Morgan fingerprint density at radius 1 is 1.50 bits per heavy atom. The Balaban J connectivity index is 2.52. The van der Waals surface area contributed by atoms with Gasteiger partial charge in [-0.2, -0.15) is 0 Å². The number of carbonyl (C=O) groups excluding carboxylic acids is 1. The van der Waals surface area contributed by atoms with Crippen LogP contribution in [-0.2, 0) is 9.53 Å². The van der Waals surface area contributed by atoms with E-state index in [1.807, 2.05) is 6.92 Å². The summed E-state index contributed by atoms with van der Waals surface area (Å²) in [7, 11) is 0. The third-order valence-corrected chi connectivity index (χ3v) is 2.60. The first-order chi connectivity index (χ1) is 7.56. The van der Waals surface area contributed by atoms with E-state index in [4.69, 9.17) is 4.74 Å². The van der Waals surface area contributed by atoms with Crippen molar-refractivity contribution >= 4 is 5.97 Å². The molecule has 0 unspecified atom stereocenters. The average molecular weight is 230 g/mol. The molecular formula is C11H18O5. The van der Waals surface area contributed by atoms with Crippen LogP contribution in [0.25, 0.3) is 0 Å². The van der Waals surface area contributed by atoms with Gasteiger partial charge in [0, 0.05) is 12.5 Å². The molecule has 4 atom stereocenters. The van der Waals surface area contributed by atoms with Gasteiger partial charge >= 0.3 is 5.97 Å². The van der Waals surface area contributed by atoms with Gasteiger partial charge in [0.15, 0.2) is 0 Å². The third kappa shape index (κ3) is 3.30. The largest absolute Gasteiger partial charge is 0.456 e. The molecular weight excluding hydrogens is 212 g/mol. The van der Waals surface area contributed by atoms with E-state index in [0.29, 0.717) is 19.3 Å². The van der Waals surface area contributed by atoms with Gasteiger partial charge in [0.25, 0.3) is 0 Å². The van der Waals surface area contributed by atoms with Crippen LogP contribution < -0.4 is 0 Å². The van der Waals surface area contributed by atoms with Crippen molar-refractivity contribution in [3.05, 3.63) is 12.2 Å². The topological polar surface area (TPSA) is 87.0 Å². The average Bonchev–Trinajstić information content (AvgIpc) is 2.27. The lowest BCUT2D eigenvalue weighted by atomic mass is 9.97. The summed E-state index contributed by atoms with van der Waals surface area (Å²) in [5, 5.41) is 28.9. The molecule has 92 valence electrons. The number of esters is 1. The normalized spacial score (nSPS) is 26.0. The van der Waals surface area contributed by atoms with Crippen molar-refractivity contribution in [2.45, 2.75) is 50.6 Å². The highest BCUT2D eigenvalue weighted by atomic mass is 16.6. The van der Waals surface area contributed by atoms with Gasteiger partial charge in [-0.1, -0.05) is 19.4 Å². The zero-order valence-corrected chi connectivity index (χ0v) is 9.24. The molecule has 5 heteroatoms. The van der Waals surface area contributed by atoms with Crippen LogP contribution in [-0.4, -0.2) is 45.7 Å². The molecule has 5 nitrogen and oxygen atoms in total.